The second-order valence-corrected chi connectivity index (χ2v) is 7.43. The average molecular weight is 424 g/mol. The predicted molar refractivity (Wildman–Crippen MR) is 116 cm³/mol. The minimum absolute atomic E-state index is 0. The van der Waals surface area contributed by atoms with Crippen LogP contribution in [0.5, 0.6) is 0 Å². The van der Waals surface area contributed by atoms with E-state index in [0.717, 1.165) is 44.6 Å². The van der Waals surface area contributed by atoms with Crippen molar-refractivity contribution < 1.29 is 4.79 Å². The number of hydrogen-bond acceptors (Lipinski definition) is 3. The summed E-state index contributed by atoms with van der Waals surface area (Å²) in [6.45, 7) is 5.98. The third-order valence-electron chi connectivity index (χ3n) is 5.11. The molecule has 1 aliphatic heterocycles. The maximum atomic E-state index is 12.9. The van der Waals surface area contributed by atoms with Gasteiger partial charge >= 0.3 is 0 Å². The Morgan fingerprint density at radius 1 is 1.18 bits per heavy atom. The second-order valence-electron chi connectivity index (χ2n) is 7.02. The standard InChI is InChI=1S/C21H26ClN3O2.ClH/c1-2-23-13-16-9-11-24(12-10-16)21(27)18-7-8-20(26)25(15-18)14-17-5-3-4-6-19(17)22;/h3-8,15-16,23H,2,9-14H2,1H3;1H. The fourth-order valence-corrected chi connectivity index (χ4v) is 3.66. The number of hydrogen-bond donors (Lipinski definition) is 1. The Bertz CT molecular complexity index is 846. The Kier molecular flexibility index (Phi) is 8.55. The van der Waals surface area contributed by atoms with E-state index in [2.05, 4.69) is 12.2 Å². The first-order valence-electron chi connectivity index (χ1n) is 9.52. The van der Waals surface area contributed by atoms with Gasteiger partial charge in [-0.1, -0.05) is 36.7 Å². The molecule has 1 fully saturated rings. The number of likely N-dealkylation sites (tertiary alicyclic amines) is 1. The lowest BCUT2D eigenvalue weighted by Gasteiger charge is -2.32. The van der Waals surface area contributed by atoms with Crippen LogP contribution in [0.3, 0.4) is 0 Å². The SMILES string of the molecule is CCNCC1CCN(C(=O)c2ccc(=O)n(Cc3ccccc3Cl)c2)CC1.Cl. The molecule has 1 aliphatic rings. The van der Waals surface area contributed by atoms with E-state index in [1.807, 2.05) is 23.1 Å². The van der Waals surface area contributed by atoms with E-state index in [1.165, 1.54) is 6.07 Å². The van der Waals surface area contributed by atoms with Crippen LogP contribution >= 0.6 is 24.0 Å². The van der Waals surface area contributed by atoms with Crippen LogP contribution in [-0.4, -0.2) is 41.6 Å². The smallest absolute Gasteiger partial charge is 0.255 e. The van der Waals surface area contributed by atoms with Gasteiger partial charge in [-0.2, -0.15) is 0 Å². The Balaban J connectivity index is 0.00000280. The van der Waals surface area contributed by atoms with E-state index in [9.17, 15) is 9.59 Å². The molecule has 0 spiro atoms. The van der Waals surface area contributed by atoms with Crippen molar-refractivity contribution in [2.24, 2.45) is 5.92 Å². The lowest BCUT2D eigenvalue weighted by molar-refractivity contribution is 0.0689. The van der Waals surface area contributed by atoms with Gasteiger partial charge in [-0.05, 0) is 49.5 Å². The Labute approximate surface area is 177 Å². The third kappa shape index (κ3) is 5.60. The average Bonchev–Trinajstić information content (AvgIpc) is 2.69. The van der Waals surface area contributed by atoms with E-state index in [0.29, 0.717) is 23.0 Å². The zero-order valence-electron chi connectivity index (χ0n) is 16.1. The van der Waals surface area contributed by atoms with Gasteiger partial charge in [0.2, 0.25) is 0 Å². The van der Waals surface area contributed by atoms with E-state index < -0.39 is 0 Å². The third-order valence-corrected chi connectivity index (χ3v) is 5.48. The van der Waals surface area contributed by atoms with Crippen molar-refractivity contribution in [2.75, 3.05) is 26.2 Å². The quantitative estimate of drug-likeness (QED) is 0.773. The van der Waals surface area contributed by atoms with Crippen molar-refractivity contribution in [3.05, 3.63) is 69.1 Å². The van der Waals surface area contributed by atoms with Crippen LogP contribution in [0.4, 0.5) is 0 Å². The molecule has 2 aromatic rings. The normalized spacial score (nSPS) is 14.6. The molecule has 28 heavy (non-hydrogen) atoms. The first-order chi connectivity index (χ1) is 13.1. The zero-order valence-corrected chi connectivity index (χ0v) is 17.6. The van der Waals surface area contributed by atoms with Gasteiger partial charge in [-0.25, -0.2) is 0 Å². The monoisotopic (exact) mass is 423 g/mol. The maximum absolute atomic E-state index is 12.9. The number of pyridine rings is 1. The van der Waals surface area contributed by atoms with Crippen LogP contribution in [0.2, 0.25) is 5.02 Å². The summed E-state index contributed by atoms with van der Waals surface area (Å²) in [7, 11) is 0. The number of aromatic nitrogens is 1. The Morgan fingerprint density at radius 2 is 1.89 bits per heavy atom. The van der Waals surface area contributed by atoms with Crippen molar-refractivity contribution in [2.45, 2.75) is 26.3 Å². The zero-order chi connectivity index (χ0) is 19.2. The molecule has 1 N–H and O–H groups in total. The molecule has 1 aromatic heterocycles. The van der Waals surface area contributed by atoms with Crippen molar-refractivity contribution >= 4 is 29.9 Å². The van der Waals surface area contributed by atoms with Gasteiger partial charge in [0.25, 0.3) is 11.5 Å². The molecular formula is C21H27Cl2N3O2. The minimum Gasteiger partial charge on any atom is -0.339 e. The topological polar surface area (TPSA) is 54.3 Å². The molecule has 2 heterocycles. The van der Waals surface area contributed by atoms with Crippen LogP contribution in [0, 0.1) is 5.92 Å². The van der Waals surface area contributed by atoms with Gasteiger partial charge in [-0.15, -0.1) is 12.4 Å². The second kappa shape index (κ2) is 10.6. The molecule has 0 saturated carbocycles. The summed E-state index contributed by atoms with van der Waals surface area (Å²) in [4.78, 5) is 27.0. The summed E-state index contributed by atoms with van der Waals surface area (Å²) in [5, 5.41) is 4.00. The van der Waals surface area contributed by atoms with Gasteiger partial charge in [0.1, 0.15) is 0 Å². The number of amides is 1. The van der Waals surface area contributed by atoms with E-state index in [4.69, 9.17) is 11.6 Å². The van der Waals surface area contributed by atoms with Crippen LogP contribution in [0.15, 0.2) is 47.4 Å². The number of carbonyl (C=O) groups excluding carboxylic acids is 1. The summed E-state index contributed by atoms with van der Waals surface area (Å²) in [6, 6.07) is 10.5. The molecule has 1 saturated heterocycles. The van der Waals surface area contributed by atoms with Gasteiger partial charge in [0.05, 0.1) is 12.1 Å². The lowest BCUT2D eigenvalue weighted by atomic mass is 9.96. The highest BCUT2D eigenvalue weighted by Crippen LogP contribution is 2.19. The first kappa shape index (κ1) is 22.5. The molecule has 0 atom stereocenters. The van der Waals surface area contributed by atoms with Gasteiger partial charge in [0, 0.05) is 30.4 Å². The number of nitrogens with zero attached hydrogens (tertiary/aromatic N) is 2. The summed E-state index contributed by atoms with van der Waals surface area (Å²) < 4.78 is 1.55. The summed E-state index contributed by atoms with van der Waals surface area (Å²) in [5.74, 6) is 0.619. The van der Waals surface area contributed by atoms with Crippen LogP contribution in [-0.2, 0) is 6.54 Å². The maximum Gasteiger partial charge on any atom is 0.255 e. The fourth-order valence-electron chi connectivity index (χ4n) is 3.46. The van der Waals surface area contributed by atoms with E-state index in [-0.39, 0.29) is 23.9 Å². The van der Waals surface area contributed by atoms with Crippen molar-refractivity contribution in [1.29, 1.82) is 0 Å². The first-order valence-corrected chi connectivity index (χ1v) is 9.90. The molecule has 0 unspecified atom stereocenters. The minimum atomic E-state index is -0.143. The Morgan fingerprint density at radius 3 is 2.57 bits per heavy atom. The lowest BCUT2D eigenvalue weighted by Crippen LogP contribution is -2.41. The van der Waals surface area contributed by atoms with Gasteiger partial charge in [-0.3, -0.25) is 9.59 Å². The number of halogens is 2. The molecule has 5 nitrogen and oxygen atoms in total. The largest absolute Gasteiger partial charge is 0.339 e. The highest BCUT2D eigenvalue weighted by atomic mass is 35.5. The van der Waals surface area contributed by atoms with Gasteiger partial charge < -0.3 is 14.8 Å². The highest BCUT2D eigenvalue weighted by Gasteiger charge is 2.23. The molecule has 3 rings (SSSR count). The van der Waals surface area contributed by atoms with Crippen molar-refractivity contribution in [3.63, 3.8) is 0 Å². The van der Waals surface area contributed by atoms with E-state index >= 15 is 0 Å². The fraction of sp³-hybridized carbons (Fsp3) is 0.429. The summed E-state index contributed by atoms with van der Waals surface area (Å²) in [5.41, 5.74) is 1.26. The number of carbonyl (C=O) groups is 1. The molecule has 152 valence electrons. The van der Waals surface area contributed by atoms with Crippen molar-refractivity contribution in [3.8, 4) is 0 Å². The molecule has 0 radical (unpaired) electrons. The molecule has 1 amide bonds. The summed E-state index contributed by atoms with van der Waals surface area (Å²) in [6.07, 6.45) is 3.68. The summed E-state index contributed by atoms with van der Waals surface area (Å²) >= 11 is 6.20. The molecule has 0 bridgehead atoms. The van der Waals surface area contributed by atoms with E-state index in [1.54, 1.807) is 22.9 Å². The highest BCUT2D eigenvalue weighted by molar-refractivity contribution is 6.31. The molecule has 0 aliphatic carbocycles. The Hall–Kier alpha value is -1.82. The van der Waals surface area contributed by atoms with Crippen LogP contribution < -0.4 is 10.9 Å². The number of rotatable bonds is 6. The van der Waals surface area contributed by atoms with Crippen LogP contribution in [0.25, 0.3) is 0 Å². The molecular weight excluding hydrogens is 397 g/mol. The van der Waals surface area contributed by atoms with Crippen molar-refractivity contribution in [1.82, 2.24) is 14.8 Å². The van der Waals surface area contributed by atoms with Gasteiger partial charge in [0.15, 0.2) is 0 Å². The predicted octanol–water partition coefficient (Wildman–Crippen LogP) is 3.43. The molecule has 1 aromatic carbocycles. The number of benzene rings is 1. The van der Waals surface area contributed by atoms with Crippen LogP contribution in [0.1, 0.15) is 35.7 Å². The number of piperidine rings is 1. The number of nitrogens with one attached hydrogen (secondary N) is 1. The molecule has 7 heteroatoms.